The molecule has 0 aromatic heterocycles. The van der Waals surface area contributed by atoms with Crippen molar-refractivity contribution in [2.45, 2.75) is 6.54 Å². The number of ether oxygens (including phenoxy) is 1. The molecule has 1 aromatic rings. The number of hydrogen-bond donors (Lipinski definition) is 1. The Morgan fingerprint density at radius 3 is 2.78 bits per heavy atom. The third kappa shape index (κ3) is 4.25. The van der Waals surface area contributed by atoms with Crippen LogP contribution in [0.2, 0.25) is 0 Å². The van der Waals surface area contributed by atoms with E-state index in [0.717, 1.165) is 11.3 Å². The Bertz CT molecular complexity index is 437. The molecule has 0 aliphatic heterocycles. The van der Waals surface area contributed by atoms with Gasteiger partial charge in [0.15, 0.2) is 0 Å². The van der Waals surface area contributed by atoms with Crippen molar-refractivity contribution >= 4 is 23.5 Å². The number of rotatable bonds is 4. The van der Waals surface area contributed by atoms with Crippen LogP contribution in [0.1, 0.15) is 5.56 Å². The van der Waals surface area contributed by atoms with Crippen molar-refractivity contribution in [3.63, 3.8) is 0 Å². The first-order valence-electron chi connectivity index (χ1n) is 5.30. The number of benzene rings is 1. The zero-order valence-corrected chi connectivity index (χ0v) is 11.0. The molecule has 0 fully saturated rings. The summed E-state index contributed by atoms with van der Waals surface area (Å²) >= 11 is 5.30. The third-order valence-corrected chi connectivity index (χ3v) is 2.51. The van der Waals surface area contributed by atoms with Crippen LogP contribution in [0.5, 0.6) is 5.75 Å². The van der Waals surface area contributed by atoms with Gasteiger partial charge in [-0.05, 0) is 17.7 Å². The summed E-state index contributed by atoms with van der Waals surface area (Å²) in [5, 5.41) is 2.16. The second-order valence-corrected chi connectivity index (χ2v) is 3.96. The minimum Gasteiger partial charge on any atom is -0.497 e. The fourth-order valence-electron chi connectivity index (χ4n) is 1.36. The van der Waals surface area contributed by atoms with E-state index in [-0.39, 0.29) is 5.88 Å². The van der Waals surface area contributed by atoms with Gasteiger partial charge in [-0.2, -0.15) is 0 Å². The summed E-state index contributed by atoms with van der Waals surface area (Å²) < 4.78 is 5.09. The van der Waals surface area contributed by atoms with Gasteiger partial charge in [0.25, 0.3) is 0 Å². The average molecular weight is 271 g/mol. The van der Waals surface area contributed by atoms with Gasteiger partial charge >= 0.3 is 6.03 Å². The van der Waals surface area contributed by atoms with Crippen molar-refractivity contribution in [1.29, 1.82) is 0 Å². The van der Waals surface area contributed by atoms with E-state index in [9.17, 15) is 9.59 Å². The summed E-state index contributed by atoms with van der Waals surface area (Å²) in [5.74, 6) is -0.0315. The Labute approximate surface area is 111 Å². The highest BCUT2D eigenvalue weighted by molar-refractivity contribution is 6.28. The van der Waals surface area contributed by atoms with Crippen LogP contribution in [-0.2, 0) is 11.3 Å². The van der Waals surface area contributed by atoms with Crippen molar-refractivity contribution < 1.29 is 14.3 Å². The molecule has 0 aliphatic carbocycles. The second kappa shape index (κ2) is 6.86. The highest BCUT2D eigenvalue weighted by Crippen LogP contribution is 2.13. The summed E-state index contributed by atoms with van der Waals surface area (Å²) in [4.78, 5) is 23.9. The first kappa shape index (κ1) is 14.3. The summed E-state index contributed by atoms with van der Waals surface area (Å²) in [6, 6.07) is 6.87. The first-order valence-corrected chi connectivity index (χ1v) is 5.84. The van der Waals surface area contributed by atoms with Crippen LogP contribution in [0.25, 0.3) is 0 Å². The Balaban J connectivity index is 2.60. The molecule has 5 nitrogen and oxygen atoms in total. The number of imide groups is 1. The van der Waals surface area contributed by atoms with E-state index < -0.39 is 11.9 Å². The summed E-state index contributed by atoms with van der Waals surface area (Å²) in [5.41, 5.74) is 0.908. The Kier molecular flexibility index (Phi) is 5.45. The number of carbonyl (C=O) groups excluding carboxylic acids is 2. The maximum absolute atomic E-state index is 11.6. The number of urea groups is 1. The molecule has 0 atom stereocenters. The van der Waals surface area contributed by atoms with Gasteiger partial charge in [-0.15, -0.1) is 11.6 Å². The predicted octanol–water partition coefficient (Wildman–Crippen LogP) is 1.60. The first-order chi connectivity index (χ1) is 8.56. The van der Waals surface area contributed by atoms with Gasteiger partial charge in [-0.25, -0.2) is 4.79 Å². The molecule has 0 radical (unpaired) electrons. The quantitative estimate of drug-likeness (QED) is 0.846. The Hall–Kier alpha value is -1.75. The number of nitrogens with one attached hydrogen (secondary N) is 1. The molecular formula is C12H15ClN2O3. The normalized spacial score (nSPS) is 9.72. The van der Waals surface area contributed by atoms with E-state index in [4.69, 9.17) is 16.3 Å². The van der Waals surface area contributed by atoms with Crippen molar-refractivity contribution in [2.24, 2.45) is 0 Å². The SMILES string of the molecule is COc1cccc(CN(C)C(=O)NC(=O)CCl)c1. The molecular weight excluding hydrogens is 256 g/mol. The van der Waals surface area contributed by atoms with E-state index in [1.54, 1.807) is 14.2 Å². The van der Waals surface area contributed by atoms with Gasteiger partial charge in [-0.1, -0.05) is 12.1 Å². The van der Waals surface area contributed by atoms with Gasteiger partial charge in [-0.3, -0.25) is 10.1 Å². The van der Waals surface area contributed by atoms with Gasteiger partial charge in [0, 0.05) is 13.6 Å². The van der Waals surface area contributed by atoms with Crippen molar-refractivity contribution in [1.82, 2.24) is 10.2 Å². The van der Waals surface area contributed by atoms with Crippen LogP contribution in [0.15, 0.2) is 24.3 Å². The van der Waals surface area contributed by atoms with Crippen molar-refractivity contribution in [2.75, 3.05) is 20.0 Å². The summed E-state index contributed by atoms with van der Waals surface area (Å²) in [6.07, 6.45) is 0. The highest BCUT2D eigenvalue weighted by atomic mass is 35.5. The van der Waals surface area contributed by atoms with Crippen LogP contribution in [0, 0.1) is 0 Å². The third-order valence-electron chi connectivity index (χ3n) is 2.27. The van der Waals surface area contributed by atoms with Crippen molar-refractivity contribution in [3.05, 3.63) is 29.8 Å². The number of halogens is 1. The van der Waals surface area contributed by atoms with Gasteiger partial charge < -0.3 is 9.64 Å². The molecule has 98 valence electrons. The van der Waals surface area contributed by atoms with Crippen molar-refractivity contribution in [3.8, 4) is 5.75 Å². The molecule has 0 spiro atoms. The van der Waals surface area contributed by atoms with Crippen LogP contribution in [-0.4, -0.2) is 36.9 Å². The van der Waals surface area contributed by atoms with E-state index in [2.05, 4.69) is 5.32 Å². The summed E-state index contributed by atoms with van der Waals surface area (Å²) in [6.45, 7) is 0.374. The van der Waals surface area contributed by atoms with Gasteiger partial charge in [0.2, 0.25) is 5.91 Å². The molecule has 1 N–H and O–H groups in total. The minimum absolute atomic E-state index is 0.237. The molecule has 0 saturated carbocycles. The van der Waals surface area contributed by atoms with E-state index in [1.807, 2.05) is 24.3 Å². The Morgan fingerprint density at radius 1 is 1.44 bits per heavy atom. The molecule has 0 saturated heterocycles. The number of carbonyl (C=O) groups is 2. The van der Waals surface area contributed by atoms with Crippen LogP contribution >= 0.6 is 11.6 Å². The number of amides is 3. The molecule has 3 amide bonds. The van der Waals surface area contributed by atoms with Crippen LogP contribution < -0.4 is 10.1 Å². The maximum atomic E-state index is 11.6. The molecule has 6 heteroatoms. The molecule has 0 bridgehead atoms. The van der Waals surface area contributed by atoms with Gasteiger partial charge in [0.05, 0.1) is 7.11 Å². The molecule has 1 aromatic carbocycles. The Morgan fingerprint density at radius 2 is 2.17 bits per heavy atom. The molecule has 18 heavy (non-hydrogen) atoms. The lowest BCUT2D eigenvalue weighted by molar-refractivity contribution is -0.117. The summed E-state index contributed by atoms with van der Waals surface area (Å²) in [7, 11) is 3.17. The smallest absolute Gasteiger partial charge is 0.324 e. The molecule has 0 aliphatic rings. The van der Waals surface area contributed by atoms with E-state index >= 15 is 0 Å². The minimum atomic E-state index is -0.515. The largest absolute Gasteiger partial charge is 0.497 e. The predicted molar refractivity (Wildman–Crippen MR) is 68.7 cm³/mol. The maximum Gasteiger partial charge on any atom is 0.324 e. The number of alkyl halides is 1. The number of nitrogens with zero attached hydrogens (tertiary/aromatic N) is 1. The molecule has 1 rings (SSSR count). The lowest BCUT2D eigenvalue weighted by Gasteiger charge is -2.17. The number of hydrogen-bond acceptors (Lipinski definition) is 3. The molecule has 0 unspecified atom stereocenters. The lowest BCUT2D eigenvalue weighted by atomic mass is 10.2. The van der Waals surface area contributed by atoms with Crippen LogP contribution in [0.4, 0.5) is 4.79 Å². The topological polar surface area (TPSA) is 58.6 Å². The highest BCUT2D eigenvalue weighted by Gasteiger charge is 2.12. The lowest BCUT2D eigenvalue weighted by Crippen LogP contribution is -2.40. The standard InChI is InChI=1S/C12H15ClN2O3/c1-15(12(17)14-11(16)7-13)8-9-4-3-5-10(6-9)18-2/h3-6H,7-8H2,1-2H3,(H,14,16,17). The van der Waals surface area contributed by atoms with Crippen LogP contribution in [0.3, 0.4) is 0 Å². The number of methoxy groups -OCH3 is 1. The fraction of sp³-hybridized carbons (Fsp3) is 0.333. The average Bonchev–Trinajstić information content (AvgIpc) is 2.38. The second-order valence-electron chi connectivity index (χ2n) is 3.69. The fourth-order valence-corrected chi connectivity index (χ4v) is 1.43. The van der Waals surface area contributed by atoms with Gasteiger partial charge in [0.1, 0.15) is 11.6 Å². The van der Waals surface area contributed by atoms with E-state index in [1.165, 1.54) is 4.90 Å². The van der Waals surface area contributed by atoms with E-state index in [0.29, 0.717) is 6.54 Å². The monoisotopic (exact) mass is 270 g/mol. The zero-order chi connectivity index (χ0) is 13.5. The molecule has 0 heterocycles. The zero-order valence-electron chi connectivity index (χ0n) is 10.3.